The Morgan fingerprint density at radius 2 is 2.33 bits per heavy atom. The Labute approximate surface area is 88.2 Å². The van der Waals surface area contributed by atoms with Crippen LogP contribution < -0.4 is 0 Å². The number of allylic oxidation sites excluding steroid dienone is 1. The molecule has 0 radical (unpaired) electrons. The van der Waals surface area contributed by atoms with Crippen LogP contribution in [0.15, 0.2) is 11.8 Å². The molecule has 1 heterocycles. The number of ketones is 1. The van der Waals surface area contributed by atoms with E-state index in [4.69, 9.17) is 4.74 Å². The summed E-state index contributed by atoms with van der Waals surface area (Å²) in [5.41, 5.74) is -0.844. The average Bonchev–Trinajstić information content (AvgIpc) is 2.91. The van der Waals surface area contributed by atoms with Crippen molar-refractivity contribution < 1.29 is 19.1 Å². The first-order valence-corrected chi connectivity index (χ1v) is 4.98. The van der Waals surface area contributed by atoms with Gasteiger partial charge in [-0.05, 0) is 20.3 Å². The lowest BCUT2D eigenvalue weighted by molar-refractivity contribution is -0.144. The zero-order valence-corrected chi connectivity index (χ0v) is 9.07. The van der Waals surface area contributed by atoms with Crippen molar-refractivity contribution in [3.05, 3.63) is 11.8 Å². The third kappa shape index (κ3) is 1.44. The van der Waals surface area contributed by atoms with Gasteiger partial charge in [-0.2, -0.15) is 0 Å². The molecule has 4 nitrogen and oxygen atoms in total. The highest BCUT2D eigenvalue weighted by molar-refractivity contribution is 6.00. The summed E-state index contributed by atoms with van der Waals surface area (Å²) in [6.45, 7) is 3.49. The number of esters is 1. The van der Waals surface area contributed by atoms with Crippen molar-refractivity contribution in [2.24, 2.45) is 11.8 Å². The van der Waals surface area contributed by atoms with E-state index in [0.29, 0.717) is 12.2 Å². The summed E-state index contributed by atoms with van der Waals surface area (Å²) in [7, 11) is 1.36. The second-order valence-electron chi connectivity index (χ2n) is 4.30. The first-order chi connectivity index (χ1) is 6.99. The van der Waals surface area contributed by atoms with Crippen LogP contribution in [0.5, 0.6) is 0 Å². The van der Waals surface area contributed by atoms with Gasteiger partial charge in [-0.3, -0.25) is 9.59 Å². The Balaban J connectivity index is 2.09. The maximum atomic E-state index is 11.7. The van der Waals surface area contributed by atoms with E-state index in [-0.39, 0.29) is 23.6 Å². The van der Waals surface area contributed by atoms with Crippen molar-refractivity contribution in [1.82, 2.24) is 0 Å². The van der Waals surface area contributed by atoms with Crippen LogP contribution in [-0.2, 0) is 19.1 Å². The van der Waals surface area contributed by atoms with E-state index in [0.717, 1.165) is 0 Å². The molecule has 1 aliphatic carbocycles. The third-order valence-corrected chi connectivity index (χ3v) is 3.20. The van der Waals surface area contributed by atoms with Gasteiger partial charge in [-0.25, -0.2) is 0 Å². The molecule has 2 rings (SSSR count). The lowest BCUT2D eigenvalue weighted by Crippen LogP contribution is -2.36. The van der Waals surface area contributed by atoms with Gasteiger partial charge >= 0.3 is 5.97 Å². The van der Waals surface area contributed by atoms with E-state index >= 15 is 0 Å². The minimum absolute atomic E-state index is 0.0360. The Morgan fingerprint density at radius 3 is 2.80 bits per heavy atom. The second kappa shape index (κ2) is 3.08. The summed E-state index contributed by atoms with van der Waals surface area (Å²) in [5.74, 6) is 0.117. The van der Waals surface area contributed by atoms with Crippen LogP contribution in [0.25, 0.3) is 0 Å². The molecule has 0 N–H and O–H groups in total. The van der Waals surface area contributed by atoms with Crippen molar-refractivity contribution in [1.29, 1.82) is 0 Å². The van der Waals surface area contributed by atoms with E-state index in [1.807, 2.05) is 0 Å². The number of rotatable bonds is 2. The fourth-order valence-corrected chi connectivity index (χ4v) is 2.22. The highest BCUT2D eigenvalue weighted by atomic mass is 16.5. The van der Waals surface area contributed by atoms with Crippen LogP contribution in [0.1, 0.15) is 20.3 Å². The highest BCUT2D eigenvalue weighted by Gasteiger charge is 2.60. The third-order valence-electron chi connectivity index (χ3n) is 3.20. The minimum Gasteiger partial charge on any atom is -0.484 e. The Hall–Kier alpha value is -1.32. The molecular formula is C11H14O4. The maximum absolute atomic E-state index is 11.7. The second-order valence-corrected chi connectivity index (χ2v) is 4.30. The fraction of sp³-hybridized carbons (Fsp3) is 0.636. The summed E-state index contributed by atoms with van der Waals surface area (Å²) in [5, 5.41) is 0. The topological polar surface area (TPSA) is 52.6 Å². The van der Waals surface area contributed by atoms with Crippen LogP contribution in [0.2, 0.25) is 0 Å². The molecule has 4 heteroatoms. The van der Waals surface area contributed by atoms with Gasteiger partial charge in [0, 0.05) is 12.0 Å². The average molecular weight is 210 g/mol. The van der Waals surface area contributed by atoms with Crippen LogP contribution >= 0.6 is 0 Å². The molecular weight excluding hydrogens is 196 g/mol. The molecule has 15 heavy (non-hydrogen) atoms. The summed E-state index contributed by atoms with van der Waals surface area (Å²) in [6.07, 6.45) is 2.17. The van der Waals surface area contributed by atoms with Crippen LogP contribution in [0, 0.1) is 11.8 Å². The lowest BCUT2D eigenvalue weighted by Gasteiger charge is -2.23. The molecule has 0 bridgehead atoms. The largest absolute Gasteiger partial charge is 0.484 e. The molecule has 0 spiro atoms. The van der Waals surface area contributed by atoms with Gasteiger partial charge in [0.2, 0.25) is 5.78 Å². The molecule has 0 saturated heterocycles. The van der Waals surface area contributed by atoms with E-state index in [1.165, 1.54) is 13.2 Å². The van der Waals surface area contributed by atoms with E-state index < -0.39 is 5.60 Å². The van der Waals surface area contributed by atoms with Crippen molar-refractivity contribution in [2.45, 2.75) is 25.9 Å². The number of ether oxygens (including phenoxy) is 2. The predicted octanol–water partition coefficient (Wildman–Crippen LogP) is 1.06. The minimum atomic E-state index is -0.844. The van der Waals surface area contributed by atoms with E-state index in [9.17, 15) is 9.59 Å². The van der Waals surface area contributed by atoms with Crippen LogP contribution in [0.4, 0.5) is 0 Å². The van der Waals surface area contributed by atoms with Gasteiger partial charge in [0.25, 0.3) is 0 Å². The molecule has 2 aliphatic rings. The summed E-state index contributed by atoms with van der Waals surface area (Å²) in [6, 6.07) is 0. The van der Waals surface area contributed by atoms with Gasteiger partial charge in [0.15, 0.2) is 5.60 Å². The summed E-state index contributed by atoms with van der Waals surface area (Å²) in [4.78, 5) is 23.0. The highest BCUT2D eigenvalue weighted by Crippen LogP contribution is 2.51. The number of carbonyl (C=O) groups is 2. The smallest absolute Gasteiger partial charge is 0.309 e. The SMILES string of the molecule is COC(=O)[C@@H]1C[C@H]1[C@@]1(C)OC(C)=CC1=O. The molecule has 3 atom stereocenters. The van der Waals surface area contributed by atoms with Crippen molar-refractivity contribution in [3.63, 3.8) is 0 Å². The summed E-state index contributed by atoms with van der Waals surface area (Å²) >= 11 is 0. The number of carbonyl (C=O) groups excluding carboxylic acids is 2. The zero-order valence-electron chi connectivity index (χ0n) is 9.07. The Morgan fingerprint density at radius 1 is 1.67 bits per heavy atom. The number of hydrogen-bond acceptors (Lipinski definition) is 4. The fourth-order valence-electron chi connectivity index (χ4n) is 2.22. The molecule has 0 amide bonds. The summed E-state index contributed by atoms with van der Waals surface area (Å²) < 4.78 is 10.2. The van der Waals surface area contributed by atoms with Crippen molar-refractivity contribution in [2.75, 3.05) is 7.11 Å². The predicted molar refractivity (Wildman–Crippen MR) is 51.9 cm³/mol. The first-order valence-electron chi connectivity index (χ1n) is 4.98. The van der Waals surface area contributed by atoms with Crippen LogP contribution in [-0.4, -0.2) is 24.5 Å². The van der Waals surface area contributed by atoms with Crippen molar-refractivity contribution in [3.8, 4) is 0 Å². The molecule has 82 valence electrons. The molecule has 1 saturated carbocycles. The number of methoxy groups -OCH3 is 1. The monoisotopic (exact) mass is 210 g/mol. The zero-order chi connectivity index (χ0) is 11.2. The van der Waals surface area contributed by atoms with Gasteiger partial charge in [0.05, 0.1) is 18.8 Å². The lowest BCUT2D eigenvalue weighted by atomic mass is 9.94. The quantitative estimate of drug-likeness (QED) is 0.639. The molecule has 0 unspecified atom stereocenters. The van der Waals surface area contributed by atoms with E-state index in [2.05, 4.69) is 4.74 Å². The Kier molecular flexibility index (Phi) is 2.10. The molecule has 0 aromatic carbocycles. The van der Waals surface area contributed by atoms with Gasteiger partial charge in [-0.15, -0.1) is 0 Å². The normalized spacial score (nSPS) is 38.3. The van der Waals surface area contributed by atoms with Gasteiger partial charge in [-0.1, -0.05) is 0 Å². The number of hydrogen-bond donors (Lipinski definition) is 0. The standard InChI is InChI=1S/C11H14O4/c1-6-4-9(12)11(2,15-6)8-5-7(8)10(13)14-3/h4,7-8H,5H2,1-3H3/t7-,8-,11-/m1/s1. The molecule has 0 aromatic heterocycles. The molecule has 1 fully saturated rings. The van der Waals surface area contributed by atoms with Crippen molar-refractivity contribution >= 4 is 11.8 Å². The van der Waals surface area contributed by atoms with Gasteiger partial charge < -0.3 is 9.47 Å². The molecule has 1 aliphatic heterocycles. The van der Waals surface area contributed by atoms with Crippen LogP contribution in [0.3, 0.4) is 0 Å². The maximum Gasteiger partial charge on any atom is 0.309 e. The van der Waals surface area contributed by atoms with Gasteiger partial charge in [0.1, 0.15) is 0 Å². The first kappa shape index (κ1) is 10.2. The van der Waals surface area contributed by atoms with E-state index in [1.54, 1.807) is 13.8 Å². The molecule has 0 aromatic rings. The Bertz CT molecular complexity index is 358.